The van der Waals surface area contributed by atoms with E-state index in [1.165, 1.54) is 30.2 Å². The molecule has 0 spiro atoms. The lowest BCUT2D eigenvalue weighted by Gasteiger charge is -2.17. The molecular formula is C16H13ClN2O4S. The summed E-state index contributed by atoms with van der Waals surface area (Å²) in [6, 6.07) is 8.45. The zero-order chi connectivity index (χ0) is 17.3. The average Bonchev–Trinajstić information content (AvgIpc) is 3.16. The van der Waals surface area contributed by atoms with Gasteiger partial charge in [-0.1, -0.05) is 17.7 Å². The smallest absolute Gasteiger partial charge is 0.308 e. The van der Waals surface area contributed by atoms with Crippen molar-refractivity contribution in [3.8, 4) is 5.75 Å². The minimum atomic E-state index is -0.651. The first-order chi connectivity index (χ1) is 11.5. The highest BCUT2D eigenvalue weighted by molar-refractivity contribution is 7.10. The van der Waals surface area contributed by atoms with Gasteiger partial charge >= 0.3 is 5.97 Å². The summed E-state index contributed by atoms with van der Waals surface area (Å²) in [4.78, 5) is 24.0. The molecule has 0 bridgehead atoms. The highest BCUT2D eigenvalue weighted by Gasteiger charge is 2.35. The number of esters is 1. The van der Waals surface area contributed by atoms with Crippen LogP contribution in [0.1, 0.15) is 30.5 Å². The van der Waals surface area contributed by atoms with Crippen molar-refractivity contribution in [2.45, 2.75) is 20.1 Å². The van der Waals surface area contributed by atoms with Crippen molar-refractivity contribution in [1.29, 1.82) is 0 Å². The van der Waals surface area contributed by atoms with Gasteiger partial charge in [0.15, 0.2) is 0 Å². The fraction of sp³-hybridized carbons (Fsp3) is 0.188. The minimum Gasteiger partial charge on any atom is -0.445 e. The maximum Gasteiger partial charge on any atom is 0.308 e. The lowest BCUT2D eigenvalue weighted by molar-refractivity contribution is -0.135. The first-order valence-electron chi connectivity index (χ1n) is 7.02. The van der Waals surface area contributed by atoms with E-state index in [9.17, 15) is 9.59 Å². The molecule has 2 heterocycles. The molecule has 0 fully saturated rings. The van der Waals surface area contributed by atoms with Crippen molar-refractivity contribution in [3.63, 3.8) is 0 Å². The molecule has 2 aromatic rings. The van der Waals surface area contributed by atoms with E-state index in [0.717, 1.165) is 4.88 Å². The van der Waals surface area contributed by atoms with Crippen LogP contribution in [0.15, 0.2) is 40.8 Å². The predicted molar refractivity (Wildman–Crippen MR) is 90.0 cm³/mol. The van der Waals surface area contributed by atoms with Gasteiger partial charge in [0.25, 0.3) is 0 Å². The highest BCUT2D eigenvalue weighted by Crippen LogP contribution is 2.35. The first kappa shape index (κ1) is 16.5. The third-order valence-corrected chi connectivity index (χ3v) is 4.32. The van der Waals surface area contributed by atoms with Crippen molar-refractivity contribution in [2.75, 3.05) is 0 Å². The van der Waals surface area contributed by atoms with Gasteiger partial charge in [-0.15, -0.1) is 16.4 Å². The standard InChI is InChI=1S/C16H13ClN2O4S/c1-9(20)19-16(14-4-3-7-24-14)23-15(18-19)12-8-11(17)5-6-13(12)22-10(2)21/h3-8,16H,1-2H3/t16-/m0/s1. The highest BCUT2D eigenvalue weighted by atomic mass is 35.5. The first-order valence-corrected chi connectivity index (χ1v) is 8.28. The minimum absolute atomic E-state index is 0.169. The van der Waals surface area contributed by atoms with E-state index < -0.39 is 12.2 Å². The lowest BCUT2D eigenvalue weighted by Crippen LogP contribution is -2.24. The van der Waals surface area contributed by atoms with Crippen LogP contribution in [-0.4, -0.2) is 22.8 Å². The molecule has 0 N–H and O–H groups in total. The molecule has 3 rings (SSSR count). The maximum absolute atomic E-state index is 11.9. The van der Waals surface area contributed by atoms with Crippen molar-refractivity contribution < 1.29 is 19.1 Å². The third kappa shape index (κ3) is 3.27. The van der Waals surface area contributed by atoms with Crippen molar-refractivity contribution in [3.05, 3.63) is 51.2 Å². The largest absolute Gasteiger partial charge is 0.445 e. The molecule has 1 aliphatic heterocycles. The Morgan fingerprint density at radius 1 is 1.33 bits per heavy atom. The number of amides is 1. The quantitative estimate of drug-likeness (QED) is 0.616. The Balaban J connectivity index is 2.00. The van der Waals surface area contributed by atoms with Crippen LogP contribution in [0.2, 0.25) is 5.02 Å². The number of hydrazone groups is 1. The van der Waals surface area contributed by atoms with Crippen LogP contribution in [0.3, 0.4) is 0 Å². The molecule has 0 saturated carbocycles. The summed E-state index contributed by atoms with van der Waals surface area (Å²) in [5, 5.41) is 7.81. The van der Waals surface area contributed by atoms with E-state index in [0.29, 0.717) is 10.6 Å². The fourth-order valence-corrected chi connectivity index (χ4v) is 3.11. The number of benzene rings is 1. The van der Waals surface area contributed by atoms with Gasteiger partial charge in [0, 0.05) is 18.9 Å². The lowest BCUT2D eigenvalue weighted by atomic mass is 10.2. The van der Waals surface area contributed by atoms with E-state index in [4.69, 9.17) is 21.1 Å². The Bertz CT molecular complexity index is 819. The molecule has 1 atom stereocenters. The van der Waals surface area contributed by atoms with Gasteiger partial charge in [0.05, 0.1) is 10.4 Å². The number of carbonyl (C=O) groups is 2. The second kappa shape index (κ2) is 6.62. The van der Waals surface area contributed by atoms with Crippen molar-refractivity contribution in [2.24, 2.45) is 5.10 Å². The molecule has 6 nitrogen and oxygen atoms in total. The van der Waals surface area contributed by atoms with E-state index in [1.54, 1.807) is 18.2 Å². The predicted octanol–water partition coefficient (Wildman–Crippen LogP) is 3.57. The zero-order valence-electron chi connectivity index (χ0n) is 12.9. The van der Waals surface area contributed by atoms with E-state index in [2.05, 4.69) is 5.10 Å². The maximum atomic E-state index is 11.9. The second-order valence-corrected chi connectivity index (χ2v) is 6.40. The van der Waals surface area contributed by atoms with Crippen LogP contribution in [0.5, 0.6) is 5.75 Å². The Morgan fingerprint density at radius 3 is 2.75 bits per heavy atom. The molecule has 0 saturated heterocycles. The Labute approximate surface area is 147 Å². The molecule has 1 amide bonds. The van der Waals surface area contributed by atoms with Gasteiger partial charge in [-0.2, -0.15) is 5.01 Å². The van der Waals surface area contributed by atoms with Gasteiger partial charge in [0.1, 0.15) is 5.75 Å². The van der Waals surface area contributed by atoms with Gasteiger partial charge in [-0.3, -0.25) is 9.59 Å². The second-order valence-electron chi connectivity index (χ2n) is 4.99. The number of hydrogen-bond acceptors (Lipinski definition) is 6. The topological polar surface area (TPSA) is 68.2 Å². The SMILES string of the molecule is CC(=O)Oc1ccc(Cl)cc1C1=NN(C(C)=O)[C@H](c2cccs2)O1. The molecule has 1 aromatic heterocycles. The summed E-state index contributed by atoms with van der Waals surface area (Å²) in [7, 11) is 0. The molecule has 124 valence electrons. The van der Waals surface area contributed by atoms with Gasteiger partial charge in [0.2, 0.25) is 18.0 Å². The van der Waals surface area contributed by atoms with Crippen LogP contribution >= 0.6 is 22.9 Å². The van der Waals surface area contributed by atoms with Crippen LogP contribution < -0.4 is 4.74 Å². The Hall–Kier alpha value is -2.38. The summed E-state index contributed by atoms with van der Waals surface area (Å²) < 4.78 is 11.0. The summed E-state index contributed by atoms with van der Waals surface area (Å²) in [5.74, 6) is -0.307. The van der Waals surface area contributed by atoms with E-state index in [-0.39, 0.29) is 17.6 Å². The molecule has 0 aliphatic carbocycles. The van der Waals surface area contributed by atoms with Crippen molar-refractivity contribution in [1.82, 2.24) is 5.01 Å². The van der Waals surface area contributed by atoms with Crippen molar-refractivity contribution >= 4 is 40.7 Å². The normalized spacial score (nSPS) is 16.5. The van der Waals surface area contributed by atoms with Crippen LogP contribution in [-0.2, 0) is 14.3 Å². The number of ether oxygens (including phenoxy) is 2. The number of hydrogen-bond donors (Lipinski definition) is 0. The van der Waals surface area contributed by atoms with Gasteiger partial charge in [-0.05, 0) is 29.6 Å². The number of thiophene rings is 1. The molecule has 0 radical (unpaired) electrons. The summed E-state index contributed by atoms with van der Waals surface area (Å²) in [5.41, 5.74) is 0.406. The van der Waals surface area contributed by atoms with Crippen LogP contribution in [0.4, 0.5) is 0 Å². The molecule has 1 aliphatic rings. The Morgan fingerprint density at radius 2 is 2.12 bits per heavy atom. The fourth-order valence-electron chi connectivity index (χ4n) is 2.21. The number of halogens is 1. The monoisotopic (exact) mass is 364 g/mol. The average molecular weight is 365 g/mol. The van der Waals surface area contributed by atoms with Gasteiger partial charge < -0.3 is 9.47 Å². The summed E-state index contributed by atoms with van der Waals surface area (Å²) in [6.45, 7) is 2.70. The molecular weight excluding hydrogens is 352 g/mol. The number of rotatable bonds is 3. The number of carbonyl (C=O) groups excluding carboxylic acids is 2. The van der Waals surface area contributed by atoms with E-state index in [1.807, 2.05) is 17.5 Å². The van der Waals surface area contributed by atoms with Gasteiger partial charge in [-0.25, -0.2) is 0 Å². The summed E-state index contributed by atoms with van der Waals surface area (Å²) >= 11 is 7.49. The Kier molecular flexibility index (Phi) is 4.55. The molecule has 24 heavy (non-hydrogen) atoms. The van der Waals surface area contributed by atoms with E-state index >= 15 is 0 Å². The van der Waals surface area contributed by atoms with Crippen LogP contribution in [0, 0.1) is 0 Å². The zero-order valence-corrected chi connectivity index (χ0v) is 14.4. The van der Waals surface area contributed by atoms with Crippen LogP contribution in [0.25, 0.3) is 0 Å². The molecule has 8 heteroatoms. The summed E-state index contributed by atoms with van der Waals surface area (Å²) in [6.07, 6.45) is -0.651. The number of nitrogens with zero attached hydrogens (tertiary/aromatic N) is 2. The molecule has 1 aromatic carbocycles. The molecule has 0 unspecified atom stereocenters. The third-order valence-electron chi connectivity index (χ3n) is 3.18.